The molecule has 1 heterocycles. The Kier molecular flexibility index (Phi) is 15.2. The van der Waals surface area contributed by atoms with Crippen LogP contribution in [-0.2, 0) is 27.1 Å². The van der Waals surface area contributed by atoms with Crippen molar-refractivity contribution >= 4 is 23.0 Å². The van der Waals surface area contributed by atoms with E-state index in [0.29, 0.717) is 35.5 Å². The molecular formula is C42H78N3O6P3. The van der Waals surface area contributed by atoms with Gasteiger partial charge in [-0.1, -0.05) is 119 Å². The smallest absolute Gasteiger partial charge is 0.303 e. The maximum Gasteiger partial charge on any atom is 0.349 e. The second kappa shape index (κ2) is 19.2. The molecule has 0 radical (unpaired) electrons. The summed E-state index contributed by atoms with van der Waals surface area (Å²) in [6, 6.07) is 0. The Morgan fingerprint density at radius 1 is 0.278 bits per heavy atom. The molecule has 0 bridgehead atoms. The standard InChI is InChI=1S/C42H78N3O6P3/c1-31-13-7-19-37(25-31)46-52(47-38-20-8-14-32(2)26-38)43-53(48-39-21-9-15-33(3)27-39,49-40-22-10-16-34(4)28-40)45-54(44-52,50-41-23-11-17-35(5)29-41)51-42-24-12-18-36(6)30-42/h31-42H,7-30H2,1-6H3. The summed E-state index contributed by atoms with van der Waals surface area (Å²) in [6.45, 7) is 14.2. The van der Waals surface area contributed by atoms with E-state index in [1.807, 2.05) is 0 Å². The van der Waals surface area contributed by atoms with Gasteiger partial charge in [-0.05, 0) is 113 Å². The lowest BCUT2D eigenvalue weighted by molar-refractivity contribution is 0.0639. The number of hydrogen-bond acceptors (Lipinski definition) is 9. The molecule has 0 spiro atoms. The van der Waals surface area contributed by atoms with Gasteiger partial charge in [0.15, 0.2) is 0 Å². The van der Waals surface area contributed by atoms with Crippen LogP contribution in [0.4, 0.5) is 0 Å². The molecule has 6 aliphatic carbocycles. The predicted octanol–water partition coefficient (Wildman–Crippen LogP) is 15.4. The molecule has 0 aromatic rings. The third-order valence-corrected chi connectivity index (χ3v) is 22.6. The predicted molar refractivity (Wildman–Crippen MR) is 223 cm³/mol. The van der Waals surface area contributed by atoms with E-state index in [2.05, 4.69) is 41.5 Å². The lowest BCUT2D eigenvalue weighted by Crippen LogP contribution is -2.27. The minimum atomic E-state index is -3.40. The third-order valence-electron chi connectivity index (χ3n) is 13.7. The second-order valence-corrected chi connectivity index (χ2v) is 26.1. The Labute approximate surface area is 330 Å². The molecule has 0 aromatic carbocycles. The average Bonchev–Trinajstić information content (AvgIpc) is 3.08. The Morgan fingerprint density at radius 2 is 0.444 bits per heavy atom. The normalized spacial score (nSPS) is 47.9. The molecule has 6 fully saturated rings. The molecule has 312 valence electrons. The molecule has 0 N–H and O–H groups in total. The van der Waals surface area contributed by atoms with Gasteiger partial charge >= 0.3 is 23.0 Å². The highest BCUT2D eigenvalue weighted by Crippen LogP contribution is 2.83. The minimum Gasteiger partial charge on any atom is -0.303 e. The van der Waals surface area contributed by atoms with Gasteiger partial charge in [0.1, 0.15) is 0 Å². The van der Waals surface area contributed by atoms with Gasteiger partial charge in [0.05, 0.1) is 36.6 Å². The molecule has 7 aliphatic rings. The van der Waals surface area contributed by atoms with Crippen LogP contribution < -0.4 is 0 Å². The van der Waals surface area contributed by atoms with Crippen molar-refractivity contribution in [2.24, 2.45) is 49.1 Å². The zero-order valence-electron chi connectivity index (χ0n) is 35.0. The molecule has 7 rings (SSSR count). The summed E-state index contributed by atoms with van der Waals surface area (Å²) < 4.78 is 62.5. The molecule has 9 nitrogen and oxygen atoms in total. The van der Waals surface area contributed by atoms with Crippen molar-refractivity contribution in [1.29, 1.82) is 0 Å². The summed E-state index contributed by atoms with van der Waals surface area (Å²) in [5, 5.41) is 0. The summed E-state index contributed by atoms with van der Waals surface area (Å²) in [4.78, 5) is 0. The third kappa shape index (κ3) is 11.8. The highest BCUT2D eigenvalue weighted by molar-refractivity contribution is 7.78. The molecule has 0 aromatic heterocycles. The van der Waals surface area contributed by atoms with E-state index in [1.54, 1.807) is 0 Å². The first-order chi connectivity index (χ1) is 26.0. The summed E-state index contributed by atoms with van der Waals surface area (Å²) in [7, 11) is -10.2. The molecule has 12 unspecified atom stereocenters. The highest BCUT2D eigenvalue weighted by Gasteiger charge is 2.50. The van der Waals surface area contributed by atoms with Gasteiger partial charge in [-0.3, -0.25) is 0 Å². The van der Waals surface area contributed by atoms with Gasteiger partial charge in [0.2, 0.25) is 0 Å². The van der Waals surface area contributed by atoms with E-state index in [-0.39, 0.29) is 36.6 Å². The minimum absolute atomic E-state index is 0.0197. The Bertz CT molecular complexity index is 1130. The highest BCUT2D eigenvalue weighted by atomic mass is 31.3. The van der Waals surface area contributed by atoms with E-state index in [9.17, 15) is 0 Å². The SMILES string of the molecule is CC1CCCC(OP2(OC3CCCC(C)C3)=NP(OC3CCCC(C)C3)(OC3CCCC(C)C3)=NP(OC3CCCC(C)C3)(OC3CCCC(C)C3)=N2)C1. The lowest BCUT2D eigenvalue weighted by atomic mass is 9.89. The van der Waals surface area contributed by atoms with E-state index < -0.39 is 23.0 Å². The van der Waals surface area contributed by atoms with Crippen LogP contribution in [0.25, 0.3) is 0 Å². The van der Waals surface area contributed by atoms with Gasteiger partial charge in [0, 0.05) is 0 Å². The Balaban J connectivity index is 1.42. The summed E-state index contributed by atoms with van der Waals surface area (Å²) in [5.74, 6) is 3.54. The fraction of sp³-hybridized carbons (Fsp3) is 1.00. The molecular weight excluding hydrogens is 735 g/mol. The van der Waals surface area contributed by atoms with E-state index in [0.717, 1.165) is 116 Å². The van der Waals surface area contributed by atoms with Gasteiger partial charge in [0.25, 0.3) is 0 Å². The quantitative estimate of drug-likeness (QED) is 0.182. The van der Waals surface area contributed by atoms with Crippen molar-refractivity contribution in [1.82, 2.24) is 0 Å². The van der Waals surface area contributed by atoms with Crippen molar-refractivity contribution in [3.63, 3.8) is 0 Å². The van der Waals surface area contributed by atoms with Crippen LogP contribution in [0.15, 0.2) is 13.5 Å². The van der Waals surface area contributed by atoms with Crippen molar-refractivity contribution in [2.75, 3.05) is 0 Å². The zero-order chi connectivity index (χ0) is 37.8. The fourth-order valence-corrected chi connectivity index (χ4v) is 21.3. The molecule has 0 amide bonds. The largest absolute Gasteiger partial charge is 0.349 e. The topological polar surface area (TPSA) is 92.5 Å². The fourth-order valence-electron chi connectivity index (χ4n) is 10.8. The molecule has 12 heteroatoms. The summed E-state index contributed by atoms with van der Waals surface area (Å²) >= 11 is 0. The maximum atomic E-state index is 7.51. The van der Waals surface area contributed by atoms with Crippen molar-refractivity contribution in [3.05, 3.63) is 0 Å². The Hall–Kier alpha value is 0.450. The van der Waals surface area contributed by atoms with E-state index in [4.69, 9.17) is 40.7 Å². The molecule has 1 aliphatic heterocycles. The second-order valence-electron chi connectivity index (χ2n) is 19.7. The maximum absolute atomic E-state index is 7.51. The van der Waals surface area contributed by atoms with Crippen LogP contribution in [0.3, 0.4) is 0 Å². The average molecular weight is 814 g/mol. The van der Waals surface area contributed by atoms with Gasteiger partial charge in [-0.25, -0.2) is 0 Å². The van der Waals surface area contributed by atoms with Crippen LogP contribution in [-0.4, -0.2) is 36.6 Å². The van der Waals surface area contributed by atoms with E-state index in [1.165, 1.54) is 38.5 Å². The number of nitrogens with zero attached hydrogens (tertiary/aromatic N) is 3. The van der Waals surface area contributed by atoms with Crippen LogP contribution in [0.1, 0.15) is 196 Å². The van der Waals surface area contributed by atoms with Crippen molar-refractivity contribution in [3.8, 4) is 0 Å². The van der Waals surface area contributed by atoms with Gasteiger partial charge in [-0.15, -0.1) is 13.5 Å². The van der Waals surface area contributed by atoms with Crippen molar-refractivity contribution < 1.29 is 27.1 Å². The monoisotopic (exact) mass is 814 g/mol. The molecule has 12 atom stereocenters. The molecule has 54 heavy (non-hydrogen) atoms. The van der Waals surface area contributed by atoms with Crippen LogP contribution >= 0.6 is 23.0 Å². The first-order valence-corrected chi connectivity index (χ1v) is 27.6. The molecule has 0 saturated heterocycles. The van der Waals surface area contributed by atoms with Crippen molar-refractivity contribution in [2.45, 2.75) is 232 Å². The van der Waals surface area contributed by atoms with Gasteiger partial charge < -0.3 is 27.1 Å². The zero-order valence-corrected chi connectivity index (χ0v) is 37.7. The number of hydrogen-bond donors (Lipinski definition) is 0. The lowest BCUT2D eigenvalue weighted by Gasteiger charge is -2.42. The summed E-state index contributed by atoms with van der Waals surface area (Å²) in [5.41, 5.74) is 0. The van der Waals surface area contributed by atoms with Crippen LogP contribution in [0.5, 0.6) is 0 Å². The first kappa shape index (κ1) is 42.6. The number of rotatable bonds is 12. The Morgan fingerprint density at radius 3 is 0.593 bits per heavy atom. The van der Waals surface area contributed by atoms with Gasteiger partial charge in [-0.2, -0.15) is 0 Å². The van der Waals surface area contributed by atoms with E-state index >= 15 is 0 Å². The first-order valence-electron chi connectivity index (χ1n) is 23.0. The van der Waals surface area contributed by atoms with Crippen LogP contribution in [0, 0.1) is 35.5 Å². The summed E-state index contributed by atoms with van der Waals surface area (Å²) in [6.07, 6.45) is 26.4. The van der Waals surface area contributed by atoms with Crippen LogP contribution in [0.2, 0.25) is 0 Å². The molecule has 6 saturated carbocycles.